The van der Waals surface area contributed by atoms with Gasteiger partial charge in [-0.1, -0.05) is 6.92 Å². The second-order valence-corrected chi connectivity index (χ2v) is 4.42. The van der Waals surface area contributed by atoms with E-state index >= 15 is 0 Å². The van der Waals surface area contributed by atoms with Crippen LogP contribution in [0.15, 0.2) is 0 Å². The topological polar surface area (TPSA) is 50.1 Å². The van der Waals surface area contributed by atoms with Crippen molar-refractivity contribution in [2.24, 2.45) is 7.05 Å². The number of aromatic nitrogens is 2. The second-order valence-electron chi connectivity index (χ2n) is 4.42. The molecule has 1 aromatic rings. The molecule has 0 saturated heterocycles. The van der Waals surface area contributed by atoms with Crippen molar-refractivity contribution in [3.05, 3.63) is 17.0 Å². The minimum atomic E-state index is 0.115. The van der Waals surface area contributed by atoms with Crippen LogP contribution in [0.4, 0.5) is 0 Å². The average molecular weight is 225 g/mol. The third kappa shape index (κ3) is 2.62. The quantitative estimate of drug-likeness (QED) is 0.797. The molecule has 92 valence electrons. The molecule has 16 heavy (non-hydrogen) atoms. The van der Waals surface area contributed by atoms with E-state index in [1.54, 1.807) is 0 Å². The summed E-state index contributed by atoms with van der Waals surface area (Å²) in [6.45, 7) is 8.42. The third-order valence-electron chi connectivity index (χ3n) is 3.08. The summed E-state index contributed by atoms with van der Waals surface area (Å²) in [5.74, 6) is 0. The third-order valence-corrected chi connectivity index (χ3v) is 3.08. The Kier molecular flexibility index (Phi) is 4.50. The molecule has 0 aliphatic rings. The number of hydrogen-bond acceptors (Lipinski definition) is 3. The van der Waals surface area contributed by atoms with Crippen molar-refractivity contribution in [2.45, 2.75) is 46.2 Å². The SMILES string of the molecule is CCC(NC(C)CO)c1c(C)nn(C)c1C. The van der Waals surface area contributed by atoms with Crippen molar-refractivity contribution in [1.82, 2.24) is 15.1 Å². The molecule has 0 aliphatic heterocycles. The van der Waals surface area contributed by atoms with Crippen LogP contribution in [0.25, 0.3) is 0 Å². The maximum absolute atomic E-state index is 9.09. The summed E-state index contributed by atoms with van der Waals surface area (Å²) in [4.78, 5) is 0. The number of aryl methyl sites for hydroxylation is 2. The number of nitrogens with zero attached hydrogens (tertiary/aromatic N) is 2. The highest BCUT2D eigenvalue weighted by Gasteiger charge is 2.19. The van der Waals surface area contributed by atoms with Gasteiger partial charge < -0.3 is 10.4 Å². The van der Waals surface area contributed by atoms with Crippen LogP contribution in [0.2, 0.25) is 0 Å². The van der Waals surface area contributed by atoms with Crippen LogP contribution in [0.5, 0.6) is 0 Å². The first-order chi connectivity index (χ1) is 7.51. The van der Waals surface area contributed by atoms with E-state index < -0.39 is 0 Å². The van der Waals surface area contributed by atoms with E-state index in [1.165, 1.54) is 11.3 Å². The summed E-state index contributed by atoms with van der Waals surface area (Å²) in [6, 6.07) is 0.389. The van der Waals surface area contributed by atoms with Crippen LogP contribution in [0, 0.1) is 13.8 Å². The standard InChI is InChI=1S/C12H23N3O/c1-6-11(13-8(2)7-16)12-9(3)14-15(5)10(12)4/h8,11,13,16H,6-7H2,1-5H3. The van der Waals surface area contributed by atoms with E-state index in [2.05, 4.69) is 24.3 Å². The number of aliphatic hydroxyl groups is 1. The van der Waals surface area contributed by atoms with E-state index in [1.807, 2.05) is 25.6 Å². The molecule has 4 heteroatoms. The number of nitrogens with one attached hydrogen (secondary N) is 1. The van der Waals surface area contributed by atoms with Gasteiger partial charge in [-0.3, -0.25) is 4.68 Å². The minimum Gasteiger partial charge on any atom is -0.395 e. The van der Waals surface area contributed by atoms with Crippen LogP contribution in [0.1, 0.15) is 43.3 Å². The molecule has 0 fully saturated rings. The minimum absolute atomic E-state index is 0.115. The number of rotatable bonds is 5. The Balaban J connectivity index is 2.94. The zero-order valence-corrected chi connectivity index (χ0v) is 10.9. The monoisotopic (exact) mass is 225 g/mol. The Morgan fingerprint density at radius 2 is 2.06 bits per heavy atom. The highest BCUT2D eigenvalue weighted by molar-refractivity contribution is 5.28. The Bertz CT molecular complexity index is 346. The summed E-state index contributed by atoms with van der Waals surface area (Å²) in [5, 5.41) is 16.9. The molecule has 0 amide bonds. The van der Waals surface area contributed by atoms with Crippen molar-refractivity contribution >= 4 is 0 Å². The molecule has 0 aliphatic carbocycles. The van der Waals surface area contributed by atoms with Gasteiger partial charge >= 0.3 is 0 Å². The van der Waals surface area contributed by atoms with Gasteiger partial charge in [-0.15, -0.1) is 0 Å². The molecule has 1 aromatic heterocycles. The lowest BCUT2D eigenvalue weighted by Crippen LogP contribution is -2.33. The molecule has 2 N–H and O–H groups in total. The lowest BCUT2D eigenvalue weighted by atomic mass is 10.0. The first-order valence-electron chi connectivity index (χ1n) is 5.88. The van der Waals surface area contributed by atoms with Crippen molar-refractivity contribution < 1.29 is 5.11 Å². The van der Waals surface area contributed by atoms with Crippen molar-refractivity contribution in [2.75, 3.05) is 6.61 Å². The summed E-state index contributed by atoms with van der Waals surface area (Å²) < 4.78 is 1.92. The smallest absolute Gasteiger partial charge is 0.0644 e. The molecule has 0 aromatic carbocycles. The van der Waals surface area contributed by atoms with Crippen molar-refractivity contribution in [3.8, 4) is 0 Å². The zero-order chi connectivity index (χ0) is 12.3. The van der Waals surface area contributed by atoms with E-state index in [4.69, 9.17) is 5.11 Å². The lowest BCUT2D eigenvalue weighted by molar-refractivity contribution is 0.239. The van der Waals surface area contributed by atoms with E-state index in [9.17, 15) is 0 Å². The van der Waals surface area contributed by atoms with Gasteiger partial charge in [0.15, 0.2) is 0 Å². The van der Waals surface area contributed by atoms with Crippen molar-refractivity contribution in [3.63, 3.8) is 0 Å². The van der Waals surface area contributed by atoms with Gasteiger partial charge in [-0.25, -0.2) is 0 Å². The second kappa shape index (κ2) is 5.46. The molecule has 1 rings (SSSR count). The Morgan fingerprint density at radius 1 is 1.44 bits per heavy atom. The number of hydrogen-bond donors (Lipinski definition) is 2. The molecule has 1 heterocycles. The van der Waals surface area contributed by atoms with E-state index in [0.717, 1.165) is 12.1 Å². The molecule has 0 bridgehead atoms. The molecule has 0 spiro atoms. The van der Waals surface area contributed by atoms with Crippen LogP contribution in [-0.2, 0) is 7.05 Å². The maximum atomic E-state index is 9.09. The predicted molar refractivity (Wildman–Crippen MR) is 65.4 cm³/mol. The zero-order valence-electron chi connectivity index (χ0n) is 10.9. The average Bonchev–Trinajstić information content (AvgIpc) is 2.50. The van der Waals surface area contributed by atoms with E-state index in [0.29, 0.717) is 0 Å². The van der Waals surface area contributed by atoms with Gasteiger partial charge in [0.2, 0.25) is 0 Å². The largest absolute Gasteiger partial charge is 0.395 e. The molecule has 4 nitrogen and oxygen atoms in total. The molecule has 0 radical (unpaired) electrons. The summed E-state index contributed by atoms with van der Waals surface area (Å²) in [7, 11) is 1.97. The van der Waals surface area contributed by atoms with Gasteiger partial charge in [-0.2, -0.15) is 5.10 Å². The van der Waals surface area contributed by atoms with Crippen LogP contribution >= 0.6 is 0 Å². The number of aliphatic hydroxyl groups excluding tert-OH is 1. The first-order valence-corrected chi connectivity index (χ1v) is 5.88. The maximum Gasteiger partial charge on any atom is 0.0644 e. The summed E-state index contributed by atoms with van der Waals surface area (Å²) >= 11 is 0. The fraction of sp³-hybridized carbons (Fsp3) is 0.750. The van der Waals surface area contributed by atoms with Gasteiger partial charge in [0, 0.05) is 30.4 Å². The molecular weight excluding hydrogens is 202 g/mol. The van der Waals surface area contributed by atoms with Crippen LogP contribution in [-0.4, -0.2) is 27.5 Å². The van der Waals surface area contributed by atoms with E-state index in [-0.39, 0.29) is 18.7 Å². The molecule has 2 unspecified atom stereocenters. The van der Waals surface area contributed by atoms with Gasteiger partial charge in [0.05, 0.1) is 12.3 Å². The van der Waals surface area contributed by atoms with Crippen LogP contribution in [0.3, 0.4) is 0 Å². The highest BCUT2D eigenvalue weighted by atomic mass is 16.3. The predicted octanol–water partition coefficient (Wildman–Crippen LogP) is 1.46. The molecular formula is C12H23N3O. The van der Waals surface area contributed by atoms with Crippen LogP contribution < -0.4 is 5.32 Å². The van der Waals surface area contributed by atoms with Gasteiger partial charge in [0.25, 0.3) is 0 Å². The Hall–Kier alpha value is -0.870. The normalized spacial score (nSPS) is 15.1. The Morgan fingerprint density at radius 3 is 2.44 bits per heavy atom. The fourth-order valence-electron chi connectivity index (χ4n) is 2.10. The summed E-state index contributed by atoms with van der Waals surface area (Å²) in [6.07, 6.45) is 0.998. The molecule has 2 atom stereocenters. The lowest BCUT2D eigenvalue weighted by Gasteiger charge is -2.21. The van der Waals surface area contributed by atoms with Gasteiger partial charge in [-0.05, 0) is 27.2 Å². The summed E-state index contributed by atoms with van der Waals surface area (Å²) in [5.41, 5.74) is 3.54. The van der Waals surface area contributed by atoms with Gasteiger partial charge in [0.1, 0.15) is 0 Å². The van der Waals surface area contributed by atoms with Crippen molar-refractivity contribution in [1.29, 1.82) is 0 Å². The fourth-order valence-corrected chi connectivity index (χ4v) is 2.10. The molecule has 0 saturated carbocycles. The highest BCUT2D eigenvalue weighted by Crippen LogP contribution is 2.23. The Labute approximate surface area is 97.7 Å². The first kappa shape index (κ1) is 13.2.